The van der Waals surface area contributed by atoms with E-state index < -0.39 is 0 Å². The van der Waals surface area contributed by atoms with E-state index in [9.17, 15) is 9.59 Å². The molecule has 0 fully saturated rings. The van der Waals surface area contributed by atoms with Crippen molar-refractivity contribution in [1.82, 2.24) is 4.98 Å². The van der Waals surface area contributed by atoms with Gasteiger partial charge >= 0.3 is 0 Å². The maximum absolute atomic E-state index is 12.3. The largest absolute Gasteiger partial charge is 0.484 e. The second-order valence-corrected chi connectivity index (χ2v) is 7.78. The molecular weight excluding hydrogens is 422 g/mol. The maximum atomic E-state index is 12.3. The minimum absolute atomic E-state index is 0.130. The number of carbonyl (C=O) groups is 2. The van der Waals surface area contributed by atoms with Gasteiger partial charge in [-0.15, -0.1) is 0 Å². The van der Waals surface area contributed by atoms with Crippen molar-refractivity contribution in [2.24, 2.45) is 0 Å². The van der Waals surface area contributed by atoms with Gasteiger partial charge in [-0.25, -0.2) is 4.98 Å². The number of benzene rings is 3. The Morgan fingerprint density at radius 3 is 2.50 bits per heavy atom. The van der Waals surface area contributed by atoms with Crippen molar-refractivity contribution >= 4 is 55.8 Å². The van der Waals surface area contributed by atoms with E-state index in [2.05, 4.69) is 15.6 Å². The zero-order chi connectivity index (χ0) is 20.9. The maximum Gasteiger partial charge on any atom is 0.262 e. The number of anilines is 2. The summed E-state index contributed by atoms with van der Waals surface area (Å²) in [5, 5.41) is 6.67. The molecule has 2 N–H and O–H groups in total. The van der Waals surface area contributed by atoms with Gasteiger partial charge < -0.3 is 10.1 Å². The molecule has 2 amide bonds. The smallest absolute Gasteiger partial charge is 0.262 e. The van der Waals surface area contributed by atoms with Gasteiger partial charge in [-0.1, -0.05) is 41.1 Å². The lowest BCUT2D eigenvalue weighted by molar-refractivity contribution is -0.118. The van der Waals surface area contributed by atoms with Crippen LogP contribution in [0.25, 0.3) is 10.2 Å². The molecule has 0 saturated carbocycles. The van der Waals surface area contributed by atoms with Crippen molar-refractivity contribution in [3.63, 3.8) is 0 Å². The van der Waals surface area contributed by atoms with E-state index in [1.165, 1.54) is 11.3 Å². The van der Waals surface area contributed by atoms with E-state index in [-0.39, 0.29) is 18.4 Å². The quantitative estimate of drug-likeness (QED) is 0.433. The first-order chi connectivity index (χ1) is 14.6. The van der Waals surface area contributed by atoms with Crippen LogP contribution in [0.2, 0.25) is 5.02 Å². The number of amides is 2. The Bertz CT molecular complexity index is 1190. The zero-order valence-electron chi connectivity index (χ0n) is 15.6. The fourth-order valence-electron chi connectivity index (χ4n) is 2.69. The first-order valence-electron chi connectivity index (χ1n) is 9.02. The van der Waals surface area contributed by atoms with E-state index in [4.69, 9.17) is 16.3 Å². The summed E-state index contributed by atoms with van der Waals surface area (Å²) in [7, 11) is 0. The van der Waals surface area contributed by atoms with E-state index in [1.807, 2.05) is 12.1 Å². The predicted octanol–water partition coefficient (Wildman–Crippen LogP) is 5.22. The van der Waals surface area contributed by atoms with Crippen LogP contribution in [0.4, 0.5) is 10.8 Å². The summed E-state index contributed by atoms with van der Waals surface area (Å²) in [5.74, 6) is 0.0444. The highest BCUT2D eigenvalue weighted by atomic mass is 35.5. The molecule has 0 radical (unpaired) electrons. The summed E-state index contributed by atoms with van der Waals surface area (Å²) in [6, 6.07) is 21.1. The average Bonchev–Trinajstić information content (AvgIpc) is 3.15. The van der Waals surface area contributed by atoms with Crippen LogP contribution in [0.3, 0.4) is 0 Å². The van der Waals surface area contributed by atoms with Gasteiger partial charge in [0, 0.05) is 16.3 Å². The number of halogens is 1. The van der Waals surface area contributed by atoms with Crippen LogP contribution in [0.1, 0.15) is 10.4 Å². The Morgan fingerprint density at radius 1 is 0.967 bits per heavy atom. The number of rotatable bonds is 6. The molecule has 0 bridgehead atoms. The summed E-state index contributed by atoms with van der Waals surface area (Å²) >= 11 is 7.19. The highest BCUT2D eigenvalue weighted by Gasteiger charge is 2.11. The zero-order valence-corrected chi connectivity index (χ0v) is 17.2. The number of hydrogen-bond acceptors (Lipinski definition) is 5. The number of carbonyl (C=O) groups excluding carboxylic acids is 2. The van der Waals surface area contributed by atoms with Crippen molar-refractivity contribution in [3.8, 4) is 5.75 Å². The first kappa shape index (κ1) is 19.9. The normalized spacial score (nSPS) is 10.6. The number of ether oxygens (including phenoxy) is 1. The number of hydrogen-bond donors (Lipinski definition) is 2. The Labute approximate surface area is 181 Å². The molecule has 0 atom stereocenters. The number of nitrogens with zero attached hydrogens (tertiary/aromatic N) is 1. The fourth-order valence-corrected chi connectivity index (χ4v) is 3.66. The fraction of sp³-hybridized carbons (Fsp3) is 0.0455. The van der Waals surface area contributed by atoms with Crippen molar-refractivity contribution in [1.29, 1.82) is 0 Å². The number of thiazole rings is 1. The SMILES string of the molecule is O=C(COc1ccc(Cl)cc1)Nc1ccc2sc(NC(=O)c3ccccc3)nc2c1. The highest BCUT2D eigenvalue weighted by molar-refractivity contribution is 7.22. The molecule has 3 aromatic carbocycles. The standard InChI is InChI=1S/C22H16ClN3O3S/c23-15-6-9-17(10-7-15)29-13-20(27)24-16-8-11-19-18(12-16)25-22(30-19)26-21(28)14-4-2-1-3-5-14/h1-12H,13H2,(H,24,27)(H,25,26,28). The van der Waals surface area contributed by atoms with Gasteiger partial charge in [-0.2, -0.15) is 0 Å². The second kappa shape index (κ2) is 8.94. The third-order valence-electron chi connectivity index (χ3n) is 4.11. The van der Waals surface area contributed by atoms with E-state index >= 15 is 0 Å². The summed E-state index contributed by atoms with van der Waals surface area (Å²) in [6.45, 7) is -0.130. The van der Waals surface area contributed by atoms with Crippen LogP contribution in [-0.2, 0) is 4.79 Å². The summed E-state index contributed by atoms with van der Waals surface area (Å²) in [4.78, 5) is 28.9. The van der Waals surface area contributed by atoms with Crippen LogP contribution in [0, 0.1) is 0 Å². The van der Waals surface area contributed by atoms with Crippen molar-refractivity contribution < 1.29 is 14.3 Å². The minimum atomic E-state index is -0.294. The predicted molar refractivity (Wildman–Crippen MR) is 120 cm³/mol. The van der Waals surface area contributed by atoms with Gasteiger partial charge in [0.25, 0.3) is 11.8 Å². The van der Waals surface area contributed by atoms with E-state index in [1.54, 1.807) is 60.7 Å². The minimum Gasteiger partial charge on any atom is -0.484 e. The molecule has 4 rings (SSSR count). The molecular formula is C22H16ClN3O3S. The molecule has 150 valence electrons. The lowest BCUT2D eigenvalue weighted by Crippen LogP contribution is -2.20. The molecule has 6 nitrogen and oxygen atoms in total. The average molecular weight is 438 g/mol. The van der Waals surface area contributed by atoms with Gasteiger partial charge in [0.15, 0.2) is 11.7 Å². The Morgan fingerprint density at radius 2 is 1.73 bits per heavy atom. The summed E-state index contributed by atoms with van der Waals surface area (Å²) in [6.07, 6.45) is 0. The summed E-state index contributed by atoms with van der Waals surface area (Å²) < 4.78 is 6.34. The molecule has 0 aliphatic rings. The van der Waals surface area contributed by atoms with Crippen molar-refractivity contribution in [2.45, 2.75) is 0 Å². The summed E-state index contributed by atoms with van der Waals surface area (Å²) in [5.41, 5.74) is 1.84. The van der Waals surface area contributed by atoms with Crippen LogP contribution >= 0.6 is 22.9 Å². The van der Waals surface area contributed by atoms with Gasteiger partial charge in [0.1, 0.15) is 5.75 Å². The lowest BCUT2D eigenvalue weighted by atomic mass is 10.2. The van der Waals surface area contributed by atoms with Crippen LogP contribution in [-0.4, -0.2) is 23.4 Å². The molecule has 30 heavy (non-hydrogen) atoms. The van der Waals surface area contributed by atoms with Gasteiger partial charge in [0.05, 0.1) is 10.2 Å². The monoisotopic (exact) mass is 437 g/mol. The van der Waals surface area contributed by atoms with Gasteiger partial charge in [-0.3, -0.25) is 14.9 Å². The second-order valence-electron chi connectivity index (χ2n) is 6.31. The molecule has 8 heteroatoms. The van der Waals surface area contributed by atoms with Gasteiger partial charge in [0.2, 0.25) is 0 Å². The van der Waals surface area contributed by atoms with E-state index in [0.717, 1.165) is 4.70 Å². The topological polar surface area (TPSA) is 80.3 Å². The third-order valence-corrected chi connectivity index (χ3v) is 5.32. The van der Waals surface area contributed by atoms with Gasteiger partial charge in [-0.05, 0) is 54.6 Å². The van der Waals surface area contributed by atoms with Crippen LogP contribution in [0.15, 0.2) is 72.8 Å². The van der Waals surface area contributed by atoms with Crippen LogP contribution in [0.5, 0.6) is 5.75 Å². The number of aromatic nitrogens is 1. The molecule has 4 aromatic rings. The number of fused-ring (bicyclic) bond motifs is 1. The molecule has 0 unspecified atom stereocenters. The molecule has 0 aliphatic carbocycles. The first-order valence-corrected chi connectivity index (χ1v) is 10.2. The van der Waals surface area contributed by atoms with Crippen molar-refractivity contribution in [3.05, 3.63) is 83.4 Å². The molecule has 0 saturated heterocycles. The number of nitrogens with one attached hydrogen (secondary N) is 2. The molecule has 1 heterocycles. The third kappa shape index (κ3) is 4.94. The Hall–Kier alpha value is -3.42. The van der Waals surface area contributed by atoms with Crippen LogP contribution < -0.4 is 15.4 Å². The highest BCUT2D eigenvalue weighted by Crippen LogP contribution is 2.28. The molecule has 0 aliphatic heterocycles. The van der Waals surface area contributed by atoms with Crippen molar-refractivity contribution in [2.75, 3.05) is 17.2 Å². The Balaban J connectivity index is 1.38. The molecule has 0 spiro atoms. The Kier molecular flexibility index (Phi) is 5.92. The van der Waals surface area contributed by atoms with E-state index in [0.29, 0.717) is 32.7 Å². The molecule has 1 aromatic heterocycles. The lowest BCUT2D eigenvalue weighted by Gasteiger charge is -2.07.